The molecule has 0 bridgehead atoms. The lowest BCUT2D eigenvalue weighted by atomic mass is 10.2. The number of nitrogens with zero attached hydrogens (tertiary/aromatic N) is 1. The molecule has 0 amide bonds. The quantitative estimate of drug-likeness (QED) is 0.546. The number of carbonyl (C=O) groups excluding carboxylic acids is 1. The summed E-state index contributed by atoms with van der Waals surface area (Å²) in [6, 6.07) is 9.75. The molecular weight excluding hydrogens is 210 g/mol. The molecule has 3 heteroatoms. The molecule has 0 saturated heterocycles. The highest BCUT2D eigenvalue weighted by Gasteiger charge is 2.08. The maximum Gasteiger partial charge on any atom is 0.166 e. The van der Waals surface area contributed by atoms with Gasteiger partial charge in [-0.05, 0) is 12.1 Å². The van der Waals surface area contributed by atoms with Crippen molar-refractivity contribution in [3.63, 3.8) is 0 Å². The number of anilines is 1. The van der Waals surface area contributed by atoms with E-state index < -0.39 is 0 Å². The van der Waals surface area contributed by atoms with Gasteiger partial charge in [-0.25, -0.2) is 0 Å². The van der Waals surface area contributed by atoms with Gasteiger partial charge >= 0.3 is 0 Å². The van der Waals surface area contributed by atoms with E-state index in [2.05, 4.69) is 6.58 Å². The lowest BCUT2D eigenvalue weighted by Crippen LogP contribution is -2.30. The number of benzene rings is 1. The maximum absolute atomic E-state index is 11.3. The standard InChI is InChI=1S/C12H14ClNO/c1-2-8-14(10-12(15)9-13)11-6-4-3-5-7-11/h2-7H,1,8-10H2. The monoisotopic (exact) mass is 223 g/mol. The zero-order chi connectivity index (χ0) is 11.1. The average Bonchev–Trinajstić information content (AvgIpc) is 2.29. The van der Waals surface area contributed by atoms with Gasteiger partial charge in [-0.15, -0.1) is 18.2 Å². The highest BCUT2D eigenvalue weighted by molar-refractivity contribution is 6.28. The molecule has 0 atom stereocenters. The van der Waals surface area contributed by atoms with Gasteiger partial charge < -0.3 is 4.90 Å². The molecule has 0 N–H and O–H groups in total. The molecule has 0 unspecified atom stereocenters. The van der Waals surface area contributed by atoms with Crippen molar-refractivity contribution in [3.05, 3.63) is 43.0 Å². The SMILES string of the molecule is C=CCN(CC(=O)CCl)c1ccccc1. The van der Waals surface area contributed by atoms with Crippen LogP contribution in [-0.2, 0) is 4.79 Å². The third-order valence-electron chi connectivity index (χ3n) is 1.99. The van der Waals surface area contributed by atoms with E-state index in [1.807, 2.05) is 35.2 Å². The number of para-hydroxylation sites is 1. The van der Waals surface area contributed by atoms with Gasteiger partial charge in [0.15, 0.2) is 5.78 Å². The molecule has 0 fully saturated rings. The van der Waals surface area contributed by atoms with Gasteiger partial charge in [-0.1, -0.05) is 24.3 Å². The molecule has 0 saturated carbocycles. The summed E-state index contributed by atoms with van der Waals surface area (Å²) in [4.78, 5) is 13.2. The van der Waals surface area contributed by atoms with E-state index in [4.69, 9.17) is 11.6 Å². The van der Waals surface area contributed by atoms with Crippen LogP contribution in [0.25, 0.3) is 0 Å². The number of rotatable bonds is 6. The molecule has 0 aliphatic rings. The van der Waals surface area contributed by atoms with Crippen molar-refractivity contribution >= 4 is 23.1 Å². The van der Waals surface area contributed by atoms with Crippen LogP contribution in [-0.4, -0.2) is 24.8 Å². The maximum atomic E-state index is 11.3. The number of hydrogen-bond acceptors (Lipinski definition) is 2. The first-order chi connectivity index (χ1) is 7.27. The first-order valence-corrected chi connectivity index (χ1v) is 5.30. The molecule has 0 heterocycles. The molecule has 2 nitrogen and oxygen atoms in total. The molecule has 0 aliphatic carbocycles. The Labute approximate surface area is 95.2 Å². The number of alkyl halides is 1. The normalized spacial score (nSPS) is 9.67. The Kier molecular flexibility index (Phi) is 4.91. The van der Waals surface area contributed by atoms with Crippen molar-refractivity contribution in [2.75, 3.05) is 23.9 Å². The van der Waals surface area contributed by atoms with Gasteiger partial charge in [-0.3, -0.25) is 4.79 Å². The van der Waals surface area contributed by atoms with E-state index in [0.717, 1.165) is 5.69 Å². The number of carbonyl (C=O) groups is 1. The van der Waals surface area contributed by atoms with E-state index in [1.54, 1.807) is 6.08 Å². The van der Waals surface area contributed by atoms with Crippen LogP contribution in [0, 0.1) is 0 Å². The van der Waals surface area contributed by atoms with Gasteiger partial charge in [0.1, 0.15) is 0 Å². The summed E-state index contributed by atoms with van der Waals surface area (Å²) in [6.07, 6.45) is 1.77. The molecule has 0 aromatic heterocycles. The van der Waals surface area contributed by atoms with Crippen molar-refractivity contribution in [1.82, 2.24) is 0 Å². The lowest BCUT2D eigenvalue weighted by molar-refractivity contribution is -0.115. The molecule has 1 aromatic carbocycles. The number of halogens is 1. The van der Waals surface area contributed by atoms with Gasteiger partial charge in [0.05, 0.1) is 12.4 Å². The largest absolute Gasteiger partial charge is 0.360 e. The van der Waals surface area contributed by atoms with Crippen LogP contribution >= 0.6 is 11.6 Å². The highest BCUT2D eigenvalue weighted by Crippen LogP contribution is 2.12. The summed E-state index contributed by atoms with van der Waals surface area (Å²) in [5.74, 6) is 0.0721. The average molecular weight is 224 g/mol. The van der Waals surface area contributed by atoms with E-state index in [9.17, 15) is 4.79 Å². The summed E-state index contributed by atoms with van der Waals surface area (Å²) in [5, 5.41) is 0. The fourth-order valence-corrected chi connectivity index (χ4v) is 1.40. The summed E-state index contributed by atoms with van der Waals surface area (Å²) < 4.78 is 0. The predicted molar refractivity (Wildman–Crippen MR) is 64.6 cm³/mol. The topological polar surface area (TPSA) is 20.3 Å². The van der Waals surface area contributed by atoms with Crippen molar-refractivity contribution < 1.29 is 4.79 Å². The van der Waals surface area contributed by atoms with Crippen LogP contribution in [0.2, 0.25) is 0 Å². The minimum Gasteiger partial charge on any atom is -0.360 e. The molecule has 0 aliphatic heterocycles. The van der Waals surface area contributed by atoms with Crippen molar-refractivity contribution in [2.45, 2.75) is 0 Å². The Morgan fingerprint density at radius 1 is 1.40 bits per heavy atom. The summed E-state index contributed by atoms with van der Waals surface area (Å²) in [5.41, 5.74) is 1.01. The fourth-order valence-electron chi connectivity index (χ4n) is 1.31. The van der Waals surface area contributed by atoms with Crippen LogP contribution < -0.4 is 4.90 Å². The molecular formula is C12H14ClNO. The highest BCUT2D eigenvalue weighted by atomic mass is 35.5. The number of ketones is 1. The van der Waals surface area contributed by atoms with Gasteiger partial charge in [0.25, 0.3) is 0 Å². The van der Waals surface area contributed by atoms with Crippen LogP contribution in [0.5, 0.6) is 0 Å². The lowest BCUT2D eigenvalue weighted by Gasteiger charge is -2.21. The zero-order valence-electron chi connectivity index (χ0n) is 8.53. The van der Waals surface area contributed by atoms with E-state index in [0.29, 0.717) is 13.1 Å². The summed E-state index contributed by atoms with van der Waals surface area (Å²) in [7, 11) is 0. The zero-order valence-corrected chi connectivity index (χ0v) is 9.28. The van der Waals surface area contributed by atoms with Crippen LogP contribution in [0.15, 0.2) is 43.0 Å². The van der Waals surface area contributed by atoms with Crippen molar-refractivity contribution in [3.8, 4) is 0 Å². The van der Waals surface area contributed by atoms with Gasteiger partial charge in [-0.2, -0.15) is 0 Å². The Morgan fingerprint density at radius 3 is 2.60 bits per heavy atom. The molecule has 80 valence electrons. The number of Topliss-reactive ketones (excluding diaryl/α,β-unsaturated/α-hetero) is 1. The third kappa shape index (κ3) is 3.76. The van der Waals surface area contributed by atoms with E-state index in [-0.39, 0.29) is 11.7 Å². The molecule has 0 spiro atoms. The minimum absolute atomic E-state index is 0.0161. The minimum atomic E-state index is 0.0161. The second-order valence-corrected chi connectivity index (χ2v) is 3.44. The van der Waals surface area contributed by atoms with Crippen molar-refractivity contribution in [2.24, 2.45) is 0 Å². The first kappa shape index (κ1) is 11.8. The van der Waals surface area contributed by atoms with Crippen LogP contribution in [0.4, 0.5) is 5.69 Å². The third-order valence-corrected chi connectivity index (χ3v) is 2.29. The van der Waals surface area contributed by atoms with Gasteiger partial charge in [0.2, 0.25) is 0 Å². The van der Waals surface area contributed by atoms with E-state index in [1.165, 1.54) is 0 Å². The molecule has 1 rings (SSSR count). The second kappa shape index (κ2) is 6.25. The van der Waals surface area contributed by atoms with E-state index >= 15 is 0 Å². The van der Waals surface area contributed by atoms with Gasteiger partial charge in [0, 0.05) is 12.2 Å². The Morgan fingerprint density at radius 2 is 2.07 bits per heavy atom. The molecule has 15 heavy (non-hydrogen) atoms. The predicted octanol–water partition coefficient (Wildman–Crippen LogP) is 2.49. The smallest absolute Gasteiger partial charge is 0.166 e. The molecule has 0 radical (unpaired) electrons. The number of hydrogen-bond donors (Lipinski definition) is 0. The van der Waals surface area contributed by atoms with Crippen LogP contribution in [0.3, 0.4) is 0 Å². The van der Waals surface area contributed by atoms with Crippen LogP contribution in [0.1, 0.15) is 0 Å². The summed E-state index contributed by atoms with van der Waals surface area (Å²) >= 11 is 5.48. The first-order valence-electron chi connectivity index (χ1n) is 4.76. The van der Waals surface area contributed by atoms with Crippen molar-refractivity contribution in [1.29, 1.82) is 0 Å². The Hall–Kier alpha value is -1.28. The molecule has 1 aromatic rings. The second-order valence-electron chi connectivity index (χ2n) is 3.18. The Bertz CT molecular complexity index is 324. The Balaban J connectivity index is 2.74. The summed E-state index contributed by atoms with van der Waals surface area (Å²) in [6.45, 7) is 4.65. The fraction of sp³-hybridized carbons (Fsp3) is 0.250.